The number of nitrogens with zero attached hydrogens (tertiary/aromatic N) is 1. The molecule has 0 amide bonds. The summed E-state index contributed by atoms with van der Waals surface area (Å²) in [6, 6.07) is 4.35. The number of halogens is 1. The van der Waals surface area contributed by atoms with Gasteiger partial charge < -0.3 is 5.32 Å². The van der Waals surface area contributed by atoms with E-state index in [1.165, 1.54) is 5.56 Å². The zero-order valence-electron chi connectivity index (χ0n) is 8.50. The molecule has 3 heteroatoms. The van der Waals surface area contributed by atoms with Gasteiger partial charge >= 0.3 is 0 Å². The summed E-state index contributed by atoms with van der Waals surface area (Å²) in [6.45, 7) is 4.93. The fourth-order valence-corrected chi connectivity index (χ4v) is 1.20. The molecule has 0 saturated heterocycles. The normalized spacial score (nSPS) is 14.1. The van der Waals surface area contributed by atoms with E-state index in [0.717, 1.165) is 12.1 Å². The van der Waals surface area contributed by atoms with E-state index in [-0.39, 0.29) is 0 Å². The van der Waals surface area contributed by atoms with Gasteiger partial charge in [0.05, 0.1) is 0 Å². The second-order valence-electron chi connectivity index (χ2n) is 3.34. The van der Waals surface area contributed by atoms with Crippen molar-refractivity contribution < 1.29 is 0 Å². The monoisotopic (exact) mass is 210 g/mol. The smallest absolute Gasteiger partial charge is 0.0295 e. The lowest BCUT2D eigenvalue weighted by Crippen LogP contribution is -2.20. The standard InChI is InChI=1S/C11H15ClN2/c1-9(7-12)8-14-10(2)11-3-5-13-6-4-11/h3-7,10,14H,8H2,1-2H3/b9-7+. The van der Waals surface area contributed by atoms with Gasteiger partial charge in [0.1, 0.15) is 0 Å². The maximum Gasteiger partial charge on any atom is 0.0295 e. The zero-order chi connectivity index (χ0) is 10.4. The van der Waals surface area contributed by atoms with Crippen LogP contribution in [0.5, 0.6) is 0 Å². The average Bonchev–Trinajstić information content (AvgIpc) is 2.26. The van der Waals surface area contributed by atoms with Crippen molar-refractivity contribution in [1.29, 1.82) is 0 Å². The molecule has 2 nitrogen and oxygen atoms in total. The molecule has 1 rings (SSSR count). The zero-order valence-corrected chi connectivity index (χ0v) is 9.25. The molecule has 1 aromatic heterocycles. The molecule has 0 aliphatic carbocycles. The van der Waals surface area contributed by atoms with Gasteiger partial charge in [-0.3, -0.25) is 4.98 Å². The summed E-state index contributed by atoms with van der Waals surface area (Å²) in [4.78, 5) is 3.98. The second kappa shape index (κ2) is 5.78. The fourth-order valence-electron chi connectivity index (χ4n) is 1.12. The molecule has 0 aliphatic rings. The van der Waals surface area contributed by atoms with Crippen LogP contribution >= 0.6 is 11.6 Å². The summed E-state index contributed by atoms with van der Waals surface area (Å²) < 4.78 is 0. The molecule has 0 bridgehead atoms. The summed E-state index contributed by atoms with van der Waals surface area (Å²) >= 11 is 5.57. The minimum atomic E-state index is 0.324. The van der Waals surface area contributed by atoms with E-state index < -0.39 is 0 Å². The van der Waals surface area contributed by atoms with Crippen LogP contribution in [0.1, 0.15) is 25.5 Å². The molecule has 1 N–H and O–H groups in total. The highest BCUT2D eigenvalue weighted by molar-refractivity contribution is 6.25. The van der Waals surface area contributed by atoms with Gasteiger partial charge in [-0.15, -0.1) is 0 Å². The maximum absolute atomic E-state index is 5.57. The Kier molecular flexibility index (Phi) is 4.63. The number of nitrogens with one attached hydrogen (secondary N) is 1. The first-order valence-electron chi connectivity index (χ1n) is 4.63. The molecule has 0 fully saturated rings. The van der Waals surface area contributed by atoms with Crippen LogP contribution in [-0.2, 0) is 0 Å². The predicted octanol–water partition coefficient (Wildman–Crippen LogP) is 2.87. The van der Waals surface area contributed by atoms with Crippen LogP contribution in [0.3, 0.4) is 0 Å². The number of aromatic nitrogens is 1. The second-order valence-corrected chi connectivity index (χ2v) is 3.56. The molecular formula is C11H15ClN2. The number of hydrogen-bond donors (Lipinski definition) is 1. The summed E-state index contributed by atoms with van der Waals surface area (Å²) in [6.07, 6.45) is 3.61. The van der Waals surface area contributed by atoms with Gasteiger partial charge in [-0.2, -0.15) is 0 Å². The van der Waals surface area contributed by atoms with Crippen molar-refractivity contribution in [2.75, 3.05) is 6.54 Å². The van der Waals surface area contributed by atoms with Crippen molar-refractivity contribution in [1.82, 2.24) is 10.3 Å². The van der Waals surface area contributed by atoms with Crippen molar-refractivity contribution in [3.05, 3.63) is 41.2 Å². The lowest BCUT2D eigenvalue weighted by atomic mass is 10.1. The van der Waals surface area contributed by atoms with Gasteiger partial charge in [0.25, 0.3) is 0 Å². The highest BCUT2D eigenvalue weighted by atomic mass is 35.5. The molecule has 0 radical (unpaired) electrons. The molecule has 0 saturated carbocycles. The van der Waals surface area contributed by atoms with Crippen LogP contribution in [0.15, 0.2) is 35.6 Å². The molecule has 14 heavy (non-hydrogen) atoms. The minimum absolute atomic E-state index is 0.324. The van der Waals surface area contributed by atoms with Gasteiger partial charge in [-0.05, 0) is 37.1 Å². The minimum Gasteiger partial charge on any atom is -0.306 e. The topological polar surface area (TPSA) is 24.9 Å². The molecule has 1 atom stereocenters. The number of rotatable bonds is 4. The summed E-state index contributed by atoms with van der Waals surface area (Å²) in [5.74, 6) is 0. The molecule has 0 aliphatic heterocycles. The van der Waals surface area contributed by atoms with Crippen LogP contribution < -0.4 is 5.32 Å². The van der Waals surface area contributed by atoms with E-state index in [1.54, 1.807) is 17.9 Å². The van der Waals surface area contributed by atoms with E-state index in [0.29, 0.717) is 6.04 Å². The number of hydrogen-bond acceptors (Lipinski definition) is 2. The highest BCUT2D eigenvalue weighted by Crippen LogP contribution is 2.10. The Labute approximate surface area is 90.0 Å². The van der Waals surface area contributed by atoms with Gasteiger partial charge in [0, 0.05) is 30.5 Å². The Bertz CT molecular complexity index is 295. The summed E-state index contributed by atoms with van der Waals surface area (Å²) in [5.41, 5.74) is 3.97. The van der Waals surface area contributed by atoms with Crippen LogP contribution in [0.25, 0.3) is 0 Å². The molecule has 0 spiro atoms. The van der Waals surface area contributed by atoms with Crippen molar-refractivity contribution in [3.63, 3.8) is 0 Å². The van der Waals surface area contributed by atoms with Crippen molar-refractivity contribution in [2.45, 2.75) is 19.9 Å². The largest absolute Gasteiger partial charge is 0.306 e. The van der Waals surface area contributed by atoms with Gasteiger partial charge in [0.2, 0.25) is 0 Å². The number of pyridine rings is 1. The van der Waals surface area contributed by atoms with Gasteiger partial charge in [-0.25, -0.2) is 0 Å². The van der Waals surface area contributed by atoms with Gasteiger partial charge in [-0.1, -0.05) is 11.6 Å². The van der Waals surface area contributed by atoms with Crippen molar-refractivity contribution in [3.8, 4) is 0 Å². The maximum atomic E-state index is 5.57. The first-order chi connectivity index (χ1) is 6.74. The molecule has 1 heterocycles. The van der Waals surface area contributed by atoms with E-state index in [4.69, 9.17) is 11.6 Å². The SMILES string of the molecule is C/C(=C\Cl)CNC(C)c1ccncc1. The molecular weight excluding hydrogens is 196 g/mol. The van der Waals surface area contributed by atoms with Crippen molar-refractivity contribution >= 4 is 11.6 Å². The Balaban J connectivity index is 2.47. The lowest BCUT2D eigenvalue weighted by molar-refractivity contribution is 0.606. The highest BCUT2D eigenvalue weighted by Gasteiger charge is 2.02. The van der Waals surface area contributed by atoms with E-state index >= 15 is 0 Å². The first-order valence-corrected chi connectivity index (χ1v) is 5.07. The quantitative estimate of drug-likeness (QED) is 0.827. The Morgan fingerprint density at radius 2 is 2.21 bits per heavy atom. The molecule has 1 unspecified atom stereocenters. The molecule has 1 aromatic rings. The molecule has 76 valence electrons. The van der Waals surface area contributed by atoms with Crippen LogP contribution in [-0.4, -0.2) is 11.5 Å². The lowest BCUT2D eigenvalue weighted by Gasteiger charge is -2.13. The summed E-state index contributed by atoms with van der Waals surface area (Å²) in [7, 11) is 0. The van der Waals surface area contributed by atoms with Crippen LogP contribution in [0.4, 0.5) is 0 Å². The Morgan fingerprint density at radius 3 is 2.79 bits per heavy atom. The third kappa shape index (κ3) is 3.48. The van der Waals surface area contributed by atoms with E-state index in [1.807, 2.05) is 19.1 Å². The third-order valence-corrected chi connectivity index (χ3v) is 2.45. The fraction of sp³-hybridized carbons (Fsp3) is 0.364. The summed E-state index contributed by atoms with van der Waals surface area (Å²) in [5, 5.41) is 3.37. The van der Waals surface area contributed by atoms with E-state index in [2.05, 4.69) is 17.2 Å². The third-order valence-electron chi connectivity index (χ3n) is 2.08. The van der Waals surface area contributed by atoms with Crippen LogP contribution in [0.2, 0.25) is 0 Å². The predicted molar refractivity (Wildman–Crippen MR) is 60.3 cm³/mol. The Morgan fingerprint density at radius 1 is 1.57 bits per heavy atom. The first kappa shape index (κ1) is 11.2. The molecule has 0 aromatic carbocycles. The van der Waals surface area contributed by atoms with Gasteiger partial charge in [0.15, 0.2) is 0 Å². The van der Waals surface area contributed by atoms with Crippen molar-refractivity contribution in [2.24, 2.45) is 0 Å². The Hall–Kier alpha value is -0.860. The van der Waals surface area contributed by atoms with Crippen LogP contribution in [0, 0.1) is 0 Å². The average molecular weight is 211 g/mol. The van der Waals surface area contributed by atoms with E-state index in [9.17, 15) is 0 Å².